The van der Waals surface area contributed by atoms with Crippen LogP contribution in [-0.4, -0.2) is 25.7 Å². The number of rotatable bonds is 4. The molecular weight excluding hydrogens is 404 g/mol. The third-order valence-corrected chi connectivity index (χ3v) is 5.01. The van der Waals surface area contributed by atoms with Gasteiger partial charge in [0.15, 0.2) is 11.5 Å². The molecule has 9 heteroatoms. The predicted octanol–water partition coefficient (Wildman–Crippen LogP) is 2.90. The monoisotopic (exact) mass is 420 g/mol. The molecule has 2 aromatic heterocycles. The van der Waals surface area contributed by atoms with Crippen molar-refractivity contribution in [1.29, 1.82) is 0 Å². The summed E-state index contributed by atoms with van der Waals surface area (Å²) in [7, 11) is 0. The molecule has 0 aliphatic rings. The standard InChI is InChI=1S/C21H17ClN6O2/c1-12(26-20(29)18-19(23)27-25-11-24-18)16-10-13-6-5-9-15(22)17(13)21(30)28(16)14-7-3-2-4-8-14/h2-12H,1H3,(H2,23,27)(H,26,29). The van der Waals surface area contributed by atoms with Crippen molar-refractivity contribution in [3.05, 3.63) is 87.7 Å². The van der Waals surface area contributed by atoms with Gasteiger partial charge < -0.3 is 11.1 Å². The fourth-order valence-electron chi connectivity index (χ4n) is 3.30. The van der Waals surface area contributed by atoms with Gasteiger partial charge in [-0.25, -0.2) is 4.98 Å². The van der Waals surface area contributed by atoms with Gasteiger partial charge in [0.1, 0.15) is 6.33 Å². The third-order valence-electron chi connectivity index (χ3n) is 4.69. The Morgan fingerprint density at radius 2 is 1.93 bits per heavy atom. The number of nitrogen functional groups attached to an aromatic ring is 1. The van der Waals surface area contributed by atoms with E-state index in [2.05, 4.69) is 20.5 Å². The van der Waals surface area contributed by atoms with Gasteiger partial charge in [-0.3, -0.25) is 14.2 Å². The van der Waals surface area contributed by atoms with E-state index in [-0.39, 0.29) is 17.1 Å². The lowest BCUT2D eigenvalue weighted by Crippen LogP contribution is -2.33. The Labute approximate surface area is 176 Å². The fraction of sp³-hybridized carbons (Fsp3) is 0.0952. The molecule has 0 radical (unpaired) electrons. The van der Waals surface area contributed by atoms with Crippen LogP contribution < -0.4 is 16.6 Å². The van der Waals surface area contributed by atoms with Crippen LogP contribution in [0.25, 0.3) is 16.5 Å². The largest absolute Gasteiger partial charge is 0.380 e. The molecule has 0 fully saturated rings. The van der Waals surface area contributed by atoms with Crippen LogP contribution in [-0.2, 0) is 0 Å². The van der Waals surface area contributed by atoms with Gasteiger partial charge in [-0.1, -0.05) is 41.9 Å². The molecule has 0 spiro atoms. The second-order valence-electron chi connectivity index (χ2n) is 6.64. The zero-order chi connectivity index (χ0) is 21.3. The molecule has 0 saturated heterocycles. The molecule has 8 nitrogen and oxygen atoms in total. The van der Waals surface area contributed by atoms with E-state index in [0.29, 0.717) is 27.2 Å². The number of para-hydroxylation sites is 1. The van der Waals surface area contributed by atoms with E-state index < -0.39 is 11.9 Å². The number of hydrogen-bond acceptors (Lipinski definition) is 6. The SMILES string of the molecule is CC(NC(=O)c1ncnnc1N)c1cc2cccc(Cl)c2c(=O)n1-c1ccccc1. The van der Waals surface area contributed by atoms with Crippen molar-refractivity contribution in [2.24, 2.45) is 0 Å². The van der Waals surface area contributed by atoms with Gasteiger partial charge in [0.25, 0.3) is 11.5 Å². The van der Waals surface area contributed by atoms with Gasteiger partial charge in [0.2, 0.25) is 0 Å². The number of hydrogen-bond donors (Lipinski definition) is 2. The molecule has 3 N–H and O–H groups in total. The van der Waals surface area contributed by atoms with Crippen LogP contribution in [0, 0.1) is 0 Å². The zero-order valence-corrected chi connectivity index (χ0v) is 16.7. The zero-order valence-electron chi connectivity index (χ0n) is 15.9. The Kier molecular flexibility index (Phi) is 5.16. The van der Waals surface area contributed by atoms with Crippen LogP contribution in [0.15, 0.2) is 65.7 Å². The van der Waals surface area contributed by atoms with Crippen molar-refractivity contribution < 1.29 is 4.79 Å². The van der Waals surface area contributed by atoms with Crippen molar-refractivity contribution in [1.82, 2.24) is 25.1 Å². The number of halogens is 1. The summed E-state index contributed by atoms with van der Waals surface area (Å²) in [5, 5.41) is 11.5. The normalized spacial score (nSPS) is 11.9. The van der Waals surface area contributed by atoms with Crippen LogP contribution in [0.2, 0.25) is 5.02 Å². The van der Waals surface area contributed by atoms with Gasteiger partial charge in [0, 0.05) is 11.4 Å². The van der Waals surface area contributed by atoms with E-state index in [9.17, 15) is 9.59 Å². The van der Waals surface area contributed by atoms with Crippen LogP contribution in [0.4, 0.5) is 5.82 Å². The molecular formula is C21H17ClN6O2. The molecule has 0 saturated carbocycles. The number of nitrogens with zero attached hydrogens (tertiary/aromatic N) is 4. The highest BCUT2D eigenvalue weighted by molar-refractivity contribution is 6.35. The van der Waals surface area contributed by atoms with E-state index in [4.69, 9.17) is 17.3 Å². The minimum Gasteiger partial charge on any atom is -0.380 e. The number of carbonyl (C=O) groups excluding carboxylic acids is 1. The summed E-state index contributed by atoms with van der Waals surface area (Å²) in [6.07, 6.45) is 1.15. The lowest BCUT2D eigenvalue weighted by atomic mass is 10.1. The molecule has 0 aliphatic heterocycles. The Balaban J connectivity index is 1.86. The maximum Gasteiger partial charge on any atom is 0.274 e. The number of nitrogens with two attached hydrogens (primary N) is 1. The number of benzene rings is 2. The first-order valence-corrected chi connectivity index (χ1v) is 9.49. The molecule has 0 bridgehead atoms. The predicted molar refractivity (Wildman–Crippen MR) is 115 cm³/mol. The first-order valence-electron chi connectivity index (χ1n) is 9.11. The van der Waals surface area contributed by atoms with E-state index in [0.717, 1.165) is 6.33 Å². The number of nitrogens with one attached hydrogen (secondary N) is 1. The van der Waals surface area contributed by atoms with Gasteiger partial charge in [-0.05, 0) is 36.6 Å². The highest BCUT2D eigenvalue weighted by atomic mass is 35.5. The smallest absolute Gasteiger partial charge is 0.274 e. The highest BCUT2D eigenvalue weighted by Gasteiger charge is 2.21. The number of amides is 1. The average Bonchev–Trinajstić information content (AvgIpc) is 2.74. The summed E-state index contributed by atoms with van der Waals surface area (Å²) in [5.74, 6) is -0.596. The summed E-state index contributed by atoms with van der Waals surface area (Å²) in [4.78, 5) is 30.0. The van der Waals surface area contributed by atoms with Gasteiger partial charge >= 0.3 is 0 Å². The Morgan fingerprint density at radius 3 is 2.67 bits per heavy atom. The molecule has 30 heavy (non-hydrogen) atoms. The van der Waals surface area contributed by atoms with Gasteiger partial charge in [-0.2, -0.15) is 0 Å². The summed E-state index contributed by atoms with van der Waals surface area (Å²) < 4.78 is 1.54. The molecule has 4 aromatic rings. The lowest BCUT2D eigenvalue weighted by molar-refractivity contribution is 0.0934. The third kappa shape index (κ3) is 3.48. The number of anilines is 1. The van der Waals surface area contributed by atoms with Crippen molar-refractivity contribution in [3.8, 4) is 5.69 Å². The average molecular weight is 421 g/mol. The Bertz CT molecular complexity index is 1310. The summed E-state index contributed by atoms with van der Waals surface area (Å²) in [6.45, 7) is 1.77. The van der Waals surface area contributed by atoms with E-state index in [1.165, 1.54) is 0 Å². The van der Waals surface area contributed by atoms with Crippen LogP contribution in [0.3, 0.4) is 0 Å². The summed E-state index contributed by atoms with van der Waals surface area (Å²) in [6, 6.07) is 15.7. The fourth-order valence-corrected chi connectivity index (χ4v) is 3.56. The molecule has 1 amide bonds. The molecule has 1 atom stereocenters. The number of pyridine rings is 1. The maximum atomic E-state index is 13.4. The molecule has 4 rings (SSSR count). The van der Waals surface area contributed by atoms with Crippen LogP contribution in [0.5, 0.6) is 0 Å². The molecule has 2 aromatic carbocycles. The highest BCUT2D eigenvalue weighted by Crippen LogP contribution is 2.25. The molecule has 1 unspecified atom stereocenters. The first kappa shape index (κ1) is 19.5. The molecule has 2 heterocycles. The number of fused-ring (bicyclic) bond motifs is 1. The maximum absolute atomic E-state index is 13.4. The summed E-state index contributed by atoms with van der Waals surface area (Å²) in [5.41, 5.74) is 6.63. The van der Waals surface area contributed by atoms with E-state index >= 15 is 0 Å². The minimum absolute atomic E-state index is 0.0331. The van der Waals surface area contributed by atoms with Crippen molar-refractivity contribution in [3.63, 3.8) is 0 Å². The van der Waals surface area contributed by atoms with Gasteiger partial charge in [-0.15, -0.1) is 10.2 Å². The topological polar surface area (TPSA) is 116 Å². The number of carbonyl (C=O) groups is 1. The quantitative estimate of drug-likeness (QED) is 0.524. The van der Waals surface area contributed by atoms with Crippen molar-refractivity contribution in [2.45, 2.75) is 13.0 Å². The van der Waals surface area contributed by atoms with E-state index in [1.807, 2.05) is 42.5 Å². The van der Waals surface area contributed by atoms with Crippen molar-refractivity contribution in [2.75, 3.05) is 5.73 Å². The molecule has 0 aliphatic carbocycles. The van der Waals surface area contributed by atoms with Crippen molar-refractivity contribution >= 4 is 34.1 Å². The Morgan fingerprint density at radius 1 is 1.17 bits per heavy atom. The number of aromatic nitrogens is 4. The van der Waals surface area contributed by atoms with Crippen LogP contribution in [0.1, 0.15) is 29.1 Å². The van der Waals surface area contributed by atoms with E-state index in [1.54, 1.807) is 23.6 Å². The summed E-state index contributed by atoms with van der Waals surface area (Å²) >= 11 is 6.32. The Hall–Kier alpha value is -3.78. The van der Waals surface area contributed by atoms with Crippen LogP contribution >= 0.6 is 11.6 Å². The second-order valence-corrected chi connectivity index (χ2v) is 7.05. The minimum atomic E-state index is -0.553. The molecule has 150 valence electrons. The second kappa shape index (κ2) is 7.92. The lowest BCUT2D eigenvalue weighted by Gasteiger charge is -2.21. The first-order chi connectivity index (χ1) is 14.5. The van der Waals surface area contributed by atoms with Gasteiger partial charge in [0.05, 0.1) is 16.5 Å².